The van der Waals surface area contributed by atoms with Crippen LogP contribution in [-0.4, -0.2) is 53.2 Å². The van der Waals surface area contributed by atoms with Gasteiger partial charge in [-0.2, -0.15) is 5.26 Å². The summed E-state index contributed by atoms with van der Waals surface area (Å²) in [6.07, 6.45) is 0.168. The standard InChI is InChI=1S/C14H25N3O2/c1-6-17(7-2)14(8-9-15)10-16(11-14)12(18)19-13(3,4)5/h6-8,10-11H2,1-5H3. The molecule has 0 saturated carbocycles. The maximum atomic E-state index is 11.9. The SMILES string of the molecule is CCN(CC)C1(CC#N)CN(C(=O)OC(C)(C)C)C1. The van der Waals surface area contributed by atoms with Crippen LogP contribution in [0.5, 0.6) is 0 Å². The highest BCUT2D eigenvalue weighted by atomic mass is 16.6. The molecule has 108 valence electrons. The Kier molecular flexibility index (Phi) is 4.81. The summed E-state index contributed by atoms with van der Waals surface area (Å²) >= 11 is 0. The van der Waals surface area contributed by atoms with E-state index in [1.807, 2.05) is 20.8 Å². The van der Waals surface area contributed by atoms with Gasteiger partial charge in [-0.3, -0.25) is 4.90 Å². The number of carbonyl (C=O) groups is 1. The van der Waals surface area contributed by atoms with Crippen molar-refractivity contribution in [2.24, 2.45) is 0 Å². The third-order valence-corrected chi connectivity index (χ3v) is 3.46. The van der Waals surface area contributed by atoms with Crippen LogP contribution in [0.3, 0.4) is 0 Å². The van der Waals surface area contributed by atoms with E-state index in [0.29, 0.717) is 19.5 Å². The molecule has 1 fully saturated rings. The molecule has 0 aliphatic carbocycles. The average molecular weight is 267 g/mol. The molecule has 0 radical (unpaired) electrons. The predicted molar refractivity (Wildman–Crippen MR) is 73.7 cm³/mol. The van der Waals surface area contributed by atoms with E-state index in [2.05, 4.69) is 24.8 Å². The van der Waals surface area contributed by atoms with Crippen molar-refractivity contribution in [3.8, 4) is 6.07 Å². The van der Waals surface area contributed by atoms with Crippen LogP contribution >= 0.6 is 0 Å². The molecule has 1 heterocycles. The Balaban J connectivity index is 2.65. The van der Waals surface area contributed by atoms with Crippen molar-refractivity contribution >= 4 is 6.09 Å². The number of rotatable bonds is 4. The van der Waals surface area contributed by atoms with Crippen molar-refractivity contribution in [3.05, 3.63) is 0 Å². The van der Waals surface area contributed by atoms with Gasteiger partial charge in [-0.25, -0.2) is 4.79 Å². The highest BCUT2D eigenvalue weighted by molar-refractivity contribution is 5.69. The number of likely N-dealkylation sites (tertiary alicyclic amines) is 1. The predicted octanol–water partition coefficient (Wildman–Crippen LogP) is 2.23. The Hall–Kier alpha value is -1.28. The Labute approximate surface area is 116 Å². The largest absolute Gasteiger partial charge is 0.444 e. The molecule has 0 atom stereocenters. The van der Waals surface area contributed by atoms with E-state index in [4.69, 9.17) is 10.00 Å². The van der Waals surface area contributed by atoms with Gasteiger partial charge in [-0.15, -0.1) is 0 Å². The van der Waals surface area contributed by atoms with E-state index >= 15 is 0 Å². The van der Waals surface area contributed by atoms with Gasteiger partial charge in [-0.1, -0.05) is 13.8 Å². The monoisotopic (exact) mass is 267 g/mol. The van der Waals surface area contributed by atoms with Crippen molar-refractivity contribution in [2.75, 3.05) is 26.2 Å². The van der Waals surface area contributed by atoms with E-state index < -0.39 is 5.60 Å². The number of likely N-dealkylation sites (N-methyl/N-ethyl adjacent to an activating group) is 1. The number of hydrogen-bond donors (Lipinski definition) is 0. The minimum Gasteiger partial charge on any atom is -0.444 e. The second-order valence-electron chi connectivity index (χ2n) is 6.07. The van der Waals surface area contributed by atoms with Crippen molar-refractivity contribution in [2.45, 2.75) is 52.2 Å². The lowest BCUT2D eigenvalue weighted by molar-refractivity contribution is -0.0596. The summed E-state index contributed by atoms with van der Waals surface area (Å²) in [6, 6.07) is 2.25. The van der Waals surface area contributed by atoms with Crippen molar-refractivity contribution in [3.63, 3.8) is 0 Å². The molecule has 0 spiro atoms. The summed E-state index contributed by atoms with van der Waals surface area (Å²) in [6.45, 7) is 12.7. The zero-order chi connectivity index (χ0) is 14.7. The fraction of sp³-hybridized carbons (Fsp3) is 0.857. The minimum atomic E-state index is -0.472. The highest BCUT2D eigenvalue weighted by Gasteiger charge is 2.49. The molecule has 0 N–H and O–H groups in total. The Morgan fingerprint density at radius 3 is 2.26 bits per heavy atom. The number of ether oxygens (including phenoxy) is 1. The van der Waals surface area contributed by atoms with Crippen molar-refractivity contribution in [1.29, 1.82) is 5.26 Å². The maximum Gasteiger partial charge on any atom is 0.410 e. The molecule has 1 amide bonds. The van der Waals surface area contributed by atoms with Crippen LogP contribution < -0.4 is 0 Å². The van der Waals surface area contributed by atoms with E-state index in [1.54, 1.807) is 4.90 Å². The Morgan fingerprint density at radius 1 is 1.37 bits per heavy atom. The van der Waals surface area contributed by atoms with Gasteiger partial charge < -0.3 is 9.64 Å². The molecule has 1 aliphatic rings. The molecule has 1 saturated heterocycles. The lowest BCUT2D eigenvalue weighted by Crippen LogP contribution is -2.71. The molecular formula is C14H25N3O2. The zero-order valence-electron chi connectivity index (χ0n) is 12.7. The first-order chi connectivity index (χ1) is 8.78. The third kappa shape index (κ3) is 3.60. The normalized spacial score (nSPS) is 17.8. The lowest BCUT2D eigenvalue weighted by atomic mass is 9.85. The Morgan fingerprint density at radius 2 is 1.89 bits per heavy atom. The van der Waals surface area contributed by atoms with Crippen molar-refractivity contribution < 1.29 is 9.53 Å². The second-order valence-corrected chi connectivity index (χ2v) is 6.07. The van der Waals surface area contributed by atoms with Gasteiger partial charge in [-0.05, 0) is 33.9 Å². The first kappa shape index (κ1) is 15.8. The van der Waals surface area contributed by atoms with Crippen LogP contribution in [0, 0.1) is 11.3 Å². The summed E-state index contributed by atoms with van der Waals surface area (Å²) in [7, 11) is 0. The Bertz CT molecular complexity index is 358. The van der Waals surface area contributed by atoms with Crippen LogP contribution in [0.15, 0.2) is 0 Å². The summed E-state index contributed by atoms with van der Waals surface area (Å²) in [5, 5.41) is 9.01. The number of nitriles is 1. The van der Waals surface area contributed by atoms with Gasteiger partial charge in [0.2, 0.25) is 0 Å². The molecular weight excluding hydrogens is 242 g/mol. The summed E-state index contributed by atoms with van der Waals surface area (Å²) in [5.74, 6) is 0. The van der Waals surface area contributed by atoms with E-state index in [0.717, 1.165) is 13.1 Å². The molecule has 5 heteroatoms. The smallest absolute Gasteiger partial charge is 0.410 e. The van der Waals surface area contributed by atoms with Crippen LogP contribution in [0.2, 0.25) is 0 Å². The average Bonchev–Trinajstić information content (AvgIpc) is 2.23. The first-order valence-electron chi connectivity index (χ1n) is 6.88. The molecule has 1 aliphatic heterocycles. The number of amides is 1. The first-order valence-corrected chi connectivity index (χ1v) is 6.88. The third-order valence-electron chi connectivity index (χ3n) is 3.46. The summed E-state index contributed by atoms with van der Waals surface area (Å²) in [5.41, 5.74) is -0.658. The van der Waals surface area contributed by atoms with Crippen LogP contribution in [0.4, 0.5) is 4.79 Å². The zero-order valence-corrected chi connectivity index (χ0v) is 12.7. The van der Waals surface area contributed by atoms with Gasteiger partial charge >= 0.3 is 6.09 Å². The molecule has 0 aromatic rings. The molecule has 0 aromatic carbocycles. The topological polar surface area (TPSA) is 56.6 Å². The van der Waals surface area contributed by atoms with Gasteiger partial charge in [0.25, 0.3) is 0 Å². The van der Waals surface area contributed by atoms with Crippen molar-refractivity contribution in [1.82, 2.24) is 9.80 Å². The van der Waals surface area contributed by atoms with E-state index in [-0.39, 0.29) is 11.6 Å². The molecule has 1 rings (SSSR count). The quantitative estimate of drug-likeness (QED) is 0.783. The number of nitrogens with zero attached hydrogens (tertiary/aromatic N) is 3. The highest BCUT2D eigenvalue weighted by Crippen LogP contribution is 2.32. The fourth-order valence-electron chi connectivity index (χ4n) is 2.59. The molecule has 5 nitrogen and oxygen atoms in total. The lowest BCUT2D eigenvalue weighted by Gasteiger charge is -2.54. The summed E-state index contributed by atoms with van der Waals surface area (Å²) < 4.78 is 5.35. The maximum absolute atomic E-state index is 11.9. The summed E-state index contributed by atoms with van der Waals surface area (Å²) in [4.78, 5) is 15.9. The van der Waals surface area contributed by atoms with E-state index in [9.17, 15) is 4.79 Å². The number of carbonyl (C=O) groups excluding carboxylic acids is 1. The van der Waals surface area contributed by atoms with Gasteiger partial charge in [0.1, 0.15) is 5.60 Å². The molecule has 0 bridgehead atoms. The van der Waals surface area contributed by atoms with Crippen LogP contribution in [-0.2, 0) is 4.74 Å². The molecule has 0 aromatic heterocycles. The van der Waals surface area contributed by atoms with Crippen LogP contribution in [0.1, 0.15) is 41.0 Å². The second kappa shape index (κ2) is 5.79. The molecule has 19 heavy (non-hydrogen) atoms. The van der Waals surface area contributed by atoms with Gasteiger partial charge in [0, 0.05) is 13.1 Å². The fourth-order valence-corrected chi connectivity index (χ4v) is 2.59. The minimum absolute atomic E-state index is 0.185. The number of hydrogen-bond acceptors (Lipinski definition) is 4. The van der Waals surface area contributed by atoms with Crippen LogP contribution in [0.25, 0.3) is 0 Å². The van der Waals surface area contributed by atoms with Gasteiger partial charge in [0.15, 0.2) is 0 Å². The van der Waals surface area contributed by atoms with Gasteiger partial charge in [0.05, 0.1) is 18.0 Å². The molecule has 0 unspecified atom stereocenters. The van der Waals surface area contributed by atoms with E-state index in [1.165, 1.54) is 0 Å².